The van der Waals surface area contributed by atoms with Gasteiger partial charge in [0, 0.05) is 98.2 Å². The minimum atomic E-state index is -0.523. The van der Waals surface area contributed by atoms with Gasteiger partial charge in [-0.15, -0.1) is 0 Å². The number of hydrogen-bond donors (Lipinski definition) is 14. The second kappa shape index (κ2) is 70.4. The van der Waals surface area contributed by atoms with E-state index in [-0.39, 0.29) is 0 Å². The Morgan fingerprint density at radius 3 is 0.761 bits per heavy atom. The van der Waals surface area contributed by atoms with Crippen LogP contribution >= 0.6 is 0 Å². The standard InChI is InChI=1S/C24H44N2O.C22H40N2O.C20H15N3O2.2C18H17N3O.C18H32N2O/c1-2-3-4-5-6-7-8-9-10-11-12-13-14-15-16-17-20-27-24-19-18-22(25)21-23(24)26;1-2-3-4-5-6-7-8-9-10-11-12-13-14-15-18-25-22-17-16-20(23)19-21(22)24;21-12-13-1-3-14(4-2-13)15-5-7-19(8-6-15)25-20(24)16-9-17(22)11-18(23)10-16;2*19-13-10-14(20)12-18(11-13)22-17-8-6-16(7-9-17)21-15-4-2-1-3-5-15;1-2-3-4-5-6-7-8-9-10-11-14-21-18-13-12-16(19)15-17(18)20/h18-19,21H,2-17,20,25-26H2,1H3;16-17,19H,2-15,18,23-24H2,1H3;1-11H,22-23H2;2*1-12,21H,19-20H2;12-13,15H,2-11,14,19-20H2,1H3. The Balaban J connectivity index is 0.000000232. The zero-order chi connectivity index (χ0) is 102. The lowest BCUT2D eigenvalue weighted by Crippen LogP contribution is -2.09. The maximum atomic E-state index is 12.2. The zero-order valence-electron chi connectivity index (χ0n) is 85.0. The van der Waals surface area contributed by atoms with Crippen LogP contribution in [0.3, 0.4) is 0 Å². The topological polar surface area (TPSA) is 433 Å². The van der Waals surface area contributed by atoms with Gasteiger partial charge in [0.2, 0.25) is 0 Å². The van der Waals surface area contributed by atoms with Gasteiger partial charge in [-0.2, -0.15) is 5.26 Å². The second-order valence-corrected chi connectivity index (χ2v) is 36.4. The Labute approximate surface area is 848 Å². The van der Waals surface area contributed by atoms with Gasteiger partial charge in [-0.3, -0.25) is 0 Å². The molecular weight excluding hydrogens is 1760 g/mol. The number of anilines is 16. The molecule has 0 saturated carbocycles. The highest BCUT2D eigenvalue weighted by Gasteiger charge is 2.13. The SMILES string of the molecule is CCCCCCCCCCCCCCCCCCOc1ccc(N)cc1N.CCCCCCCCCCCCCCCCOc1ccc(N)cc1N.CCCCCCCCCCCCOc1ccc(N)cc1N.N#Cc1ccc(-c2ccc(OC(=O)c3cc(N)cc(N)c3)cc2)cc1.Nc1cc(N)cc(Oc2ccc(Nc3ccccc3)cc2)c1.Nc1cc(N)cc(Oc2ccc(Nc3ccccc3)cc2)c1. The molecule has 0 amide bonds. The summed E-state index contributed by atoms with van der Waals surface area (Å²) >= 11 is 0. The van der Waals surface area contributed by atoms with E-state index in [4.69, 9.17) is 102 Å². The summed E-state index contributed by atoms with van der Waals surface area (Å²) in [6, 6.07) is 83.1. The number of benzene rings is 12. The first-order chi connectivity index (χ1) is 69.1. The fourth-order valence-electron chi connectivity index (χ4n) is 15.9. The molecule has 26 N–H and O–H groups in total. The van der Waals surface area contributed by atoms with Crippen LogP contribution in [0.4, 0.5) is 91.0 Å². The number of hydrogen-bond acceptors (Lipinski definition) is 22. The fraction of sp³-hybridized carbons (Fsp3) is 0.383. The predicted octanol–water partition coefficient (Wildman–Crippen LogP) is 31.7. The van der Waals surface area contributed by atoms with E-state index in [2.05, 4.69) is 37.5 Å². The van der Waals surface area contributed by atoms with Crippen molar-refractivity contribution < 1.29 is 33.2 Å². The number of rotatable bonds is 57. The number of esters is 1. The van der Waals surface area contributed by atoms with Crippen LogP contribution in [0.5, 0.6) is 46.0 Å². The fourth-order valence-corrected chi connectivity index (χ4v) is 15.9. The van der Waals surface area contributed by atoms with E-state index in [0.29, 0.717) is 96.6 Å². The molecule has 0 aliphatic heterocycles. The Hall–Kier alpha value is -14.2. The highest BCUT2D eigenvalue weighted by atomic mass is 16.5. The number of para-hydroxylation sites is 2. The smallest absolute Gasteiger partial charge is 0.343 e. The molecule has 22 heteroatoms. The van der Waals surface area contributed by atoms with Crippen molar-refractivity contribution in [2.75, 3.05) is 99.3 Å². The molecule has 22 nitrogen and oxygen atoms in total. The molecule has 0 aliphatic rings. The molecular formula is C120H165N15O7. The van der Waals surface area contributed by atoms with E-state index in [9.17, 15) is 4.79 Å². The molecule has 0 aliphatic carbocycles. The third-order valence-corrected chi connectivity index (χ3v) is 23.7. The lowest BCUT2D eigenvalue weighted by molar-refractivity contribution is 0.0734. The molecule has 12 aromatic carbocycles. The first kappa shape index (κ1) is 115. The minimum Gasteiger partial charge on any atom is -0.491 e. The van der Waals surface area contributed by atoms with Crippen molar-refractivity contribution in [3.8, 4) is 63.2 Å². The van der Waals surface area contributed by atoms with Crippen LogP contribution in [0.25, 0.3) is 11.1 Å². The number of carbonyl (C=O) groups excluding carboxylic acids is 1. The van der Waals surface area contributed by atoms with E-state index < -0.39 is 5.97 Å². The molecule has 0 saturated heterocycles. The van der Waals surface area contributed by atoms with Gasteiger partial charge in [-0.1, -0.05) is 319 Å². The Morgan fingerprint density at radius 1 is 0.246 bits per heavy atom. The summed E-state index contributed by atoms with van der Waals surface area (Å²) in [6.45, 7) is 9.06. The van der Waals surface area contributed by atoms with Crippen molar-refractivity contribution in [3.05, 3.63) is 278 Å². The molecule has 0 spiro atoms. The third kappa shape index (κ3) is 51.1. The minimum absolute atomic E-state index is 0.300. The van der Waals surface area contributed by atoms with Crippen LogP contribution in [-0.4, -0.2) is 25.8 Å². The summed E-state index contributed by atoms with van der Waals surface area (Å²) in [5.74, 6) is 4.86. The van der Waals surface area contributed by atoms with Gasteiger partial charge in [-0.25, -0.2) is 4.79 Å². The molecule has 762 valence electrons. The number of nitrogens with one attached hydrogen (secondary N) is 2. The molecule has 12 rings (SSSR count). The quantitative estimate of drug-likeness (QED) is 0.00728. The maximum absolute atomic E-state index is 12.2. The number of nitriles is 1. The average Bonchev–Trinajstić information content (AvgIpc) is 0.847. The van der Waals surface area contributed by atoms with Crippen LogP contribution in [0, 0.1) is 11.3 Å². The van der Waals surface area contributed by atoms with Crippen LogP contribution in [0.1, 0.15) is 294 Å². The van der Waals surface area contributed by atoms with Gasteiger partial charge in [-0.05, 0) is 212 Å². The van der Waals surface area contributed by atoms with Crippen LogP contribution in [0.15, 0.2) is 267 Å². The molecule has 0 fully saturated rings. The van der Waals surface area contributed by atoms with Gasteiger partial charge in [0.1, 0.15) is 46.0 Å². The molecule has 0 unspecified atom stereocenters. The van der Waals surface area contributed by atoms with Gasteiger partial charge in [0.05, 0.1) is 54.1 Å². The predicted molar refractivity (Wildman–Crippen MR) is 604 cm³/mol. The first-order valence-electron chi connectivity index (χ1n) is 52.0. The summed E-state index contributed by atoms with van der Waals surface area (Å²) in [5, 5.41) is 15.5. The number of carbonyl (C=O) groups is 1. The van der Waals surface area contributed by atoms with E-state index in [0.717, 1.165) is 102 Å². The van der Waals surface area contributed by atoms with Gasteiger partial charge < -0.3 is 108 Å². The van der Waals surface area contributed by atoms with E-state index in [1.807, 2.05) is 170 Å². The first-order valence-corrected chi connectivity index (χ1v) is 52.0. The molecule has 142 heavy (non-hydrogen) atoms. The van der Waals surface area contributed by atoms with Crippen LogP contribution < -0.4 is 108 Å². The molecule has 0 bridgehead atoms. The van der Waals surface area contributed by atoms with Crippen molar-refractivity contribution in [1.29, 1.82) is 5.26 Å². The zero-order valence-corrected chi connectivity index (χ0v) is 85.0. The summed E-state index contributed by atoms with van der Waals surface area (Å²) in [7, 11) is 0. The molecule has 12 aromatic rings. The largest absolute Gasteiger partial charge is 0.491 e. The Kier molecular flexibility index (Phi) is 56.9. The Bertz CT molecular complexity index is 5240. The molecule has 0 heterocycles. The van der Waals surface area contributed by atoms with Crippen molar-refractivity contribution in [2.45, 2.75) is 278 Å². The van der Waals surface area contributed by atoms with E-state index in [1.165, 1.54) is 250 Å². The van der Waals surface area contributed by atoms with E-state index >= 15 is 0 Å². The highest BCUT2D eigenvalue weighted by molar-refractivity contribution is 5.93. The lowest BCUT2D eigenvalue weighted by Gasteiger charge is -2.10. The van der Waals surface area contributed by atoms with Crippen LogP contribution in [0.2, 0.25) is 0 Å². The summed E-state index contributed by atoms with van der Waals surface area (Å²) in [4.78, 5) is 12.2. The summed E-state index contributed by atoms with van der Waals surface area (Å²) in [6.07, 6.45) is 54.7. The number of nitrogens with two attached hydrogens (primary N) is 12. The number of nitrogens with zero attached hydrogens (tertiary/aromatic N) is 1. The molecule has 0 atom stereocenters. The monoisotopic (exact) mass is 1930 g/mol. The Morgan fingerprint density at radius 2 is 0.493 bits per heavy atom. The van der Waals surface area contributed by atoms with Crippen molar-refractivity contribution in [1.82, 2.24) is 0 Å². The van der Waals surface area contributed by atoms with Crippen molar-refractivity contribution in [2.24, 2.45) is 0 Å². The highest BCUT2D eigenvalue weighted by Crippen LogP contribution is 2.34. The van der Waals surface area contributed by atoms with Gasteiger partial charge >= 0.3 is 5.97 Å². The van der Waals surface area contributed by atoms with Gasteiger partial charge in [0.15, 0.2) is 0 Å². The number of nitrogen functional groups attached to an aromatic ring is 12. The lowest BCUT2D eigenvalue weighted by atomic mass is 10.0. The maximum Gasteiger partial charge on any atom is 0.343 e. The number of unbranched alkanes of at least 4 members (excludes halogenated alkanes) is 37. The summed E-state index contributed by atoms with van der Waals surface area (Å²) in [5.41, 5.74) is 83.0. The normalized spacial score (nSPS) is 10.5. The van der Waals surface area contributed by atoms with Gasteiger partial charge in [0.25, 0.3) is 0 Å². The van der Waals surface area contributed by atoms with Crippen molar-refractivity contribution in [3.63, 3.8) is 0 Å². The van der Waals surface area contributed by atoms with Crippen molar-refractivity contribution >= 4 is 97.0 Å². The second-order valence-electron chi connectivity index (χ2n) is 36.4. The summed E-state index contributed by atoms with van der Waals surface area (Å²) < 4.78 is 34.0. The molecule has 0 aromatic heterocycles. The molecule has 0 radical (unpaired) electrons. The third-order valence-electron chi connectivity index (χ3n) is 23.7. The number of ether oxygens (including phenoxy) is 6. The van der Waals surface area contributed by atoms with Crippen LogP contribution in [-0.2, 0) is 0 Å². The average molecular weight is 1930 g/mol. The van der Waals surface area contributed by atoms with E-state index in [1.54, 1.807) is 84.9 Å².